The van der Waals surface area contributed by atoms with E-state index >= 15 is 0 Å². The molecule has 8 aromatic carbocycles. The summed E-state index contributed by atoms with van der Waals surface area (Å²) in [6.07, 6.45) is 6.21. The predicted molar refractivity (Wildman–Crippen MR) is 542 cm³/mol. The largest absolute Gasteiger partial charge is 0.387 e. The van der Waals surface area contributed by atoms with Crippen LogP contribution in [0.3, 0.4) is 0 Å². The molecule has 8 heterocycles. The SMILES string of the molecule is CCCNc1ccc2c(=O)n(C)c(C)nc2c1.CCNc1ccc2c(=O)n(C)c(C)nc2c1.CNc1cc2nc(C)n(C)c(=O)c2cc1Br.CNc1cc2nc(C)n(C)c(=O)c2cc1Cl.Cc1ccc2c(=O)n(C)c(C)nc2c1.Cc1nc2cc(C(=N)N(C)C)ccc2c(=O)n1C.Cc1nc2cc(NC3CC3)ccc2c(=O)n1C.Cc1nc2cc(NCC3CC3)ccc2c(=O)n1C. The van der Waals surface area contributed by atoms with E-state index in [1.54, 1.807) is 146 Å². The molecule has 0 radical (unpaired) electrons. The second kappa shape index (κ2) is 42.7. The van der Waals surface area contributed by atoms with Crippen LogP contribution < -0.4 is 76.4 Å². The molecule has 2 aliphatic rings. The van der Waals surface area contributed by atoms with Gasteiger partial charge in [-0.3, -0.25) is 80.3 Å². The molecular weight excluding hydrogens is 1760 g/mol. The Morgan fingerprint density at radius 1 is 0.379 bits per heavy atom. The lowest BCUT2D eigenvalue weighted by molar-refractivity contribution is 0.619. The fourth-order valence-electron chi connectivity index (χ4n) is 13.9. The molecule has 2 fully saturated rings. The van der Waals surface area contributed by atoms with Gasteiger partial charge in [0.05, 0.1) is 104 Å². The summed E-state index contributed by atoms with van der Waals surface area (Å²) in [4.78, 5) is 133. The molecule has 0 unspecified atom stereocenters. The Balaban J connectivity index is 0.000000146. The monoisotopic (exact) mass is 1870 g/mol. The molecule has 2 saturated carbocycles. The van der Waals surface area contributed by atoms with Crippen LogP contribution in [0.5, 0.6) is 0 Å². The maximum Gasteiger partial charge on any atom is 0.261 e. The molecule has 690 valence electrons. The first-order valence-electron chi connectivity index (χ1n) is 43.4. The van der Waals surface area contributed by atoms with E-state index in [0.717, 1.165) is 138 Å². The third-order valence-electron chi connectivity index (χ3n) is 23.2. The number of hydrogen-bond acceptors (Lipinski definition) is 23. The summed E-state index contributed by atoms with van der Waals surface area (Å²) in [5.74, 6) is 6.98. The Kier molecular flexibility index (Phi) is 31.8. The molecule has 0 spiro atoms. The van der Waals surface area contributed by atoms with Crippen molar-refractivity contribution in [1.29, 1.82) is 5.41 Å². The van der Waals surface area contributed by atoms with Crippen LogP contribution >= 0.6 is 27.5 Å². The summed E-state index contributed by atoms with van der Waals surface area (Å²) in [5.41, 5.74) is 13.5. The quantitative estimate of drug-likeness (QED) is 0.0416. The second-order valence-electron chi connectivity index (χ2n) is 33.0. The molecule has 0 saturated heterocycles. The zero-order valence-corrected chi connectivity index (χ0v) is 81.5. The number of amidine groups is 1. The van der Waals surface area contributed by atoms with Crippen molar-refractivity contribution in [1.82, 2.24) is 81.3 Å². The van der Waals surface area contributed by atoms with Gasteiger partial charge in [-0.25, -0.2) is 39.9 Å². The average Bonchev–Trinajstić information content (AvgIpc) is 1.11. The maximum atomic E-state index is 12.0. The van der Waals surface area contributed by atoms with E-state index in [-0.39, 0.29) is 44.5 Å². The highest BCUT2D eigenvalue weighted by Crippen LogP contribution is 2.31. The lowest BCUT2D eigenvalue weighted by Crippen LogP contribution is -2.23. The number of aromatic nitrogens is 16. The van der Waals surface area contributed by atoms with E-state index in [9.17, 15) is 38.4 Å². The van der Waals surface area contributed by atoms with Gasteiger partial charge in [0.25, 0.3) is 44.5 Å². The van der Waals surface area contributed by atoms with Crippen molar-refractivity contribution in [3.63, 3.8) is 0 Å². The van der Waals surface area contributed by atoms with Crippen LogP contribution in [-0.2, 0) is 56.4 Å². The molecule has 18 rings (SSSR count). The van der Waals surface area contributed by atoms with Gasteiger partial charge in [-0.15, -0.1) is 0 Å². The van der Waals surface area contributed by atoms with Crippen LogP contribution in [0, 0.1) is 73.6 Å². The molecule has 132 heavy (non-hydrogen) atoms. The minimum atomic E-state index is -0.0768. The first-order valence-corrected chi connectivity index (χ1v) is 44.6. The summed E-state index contributed by atoms with van der Waals surface area (Å²) in [6, 6.07) is 41.6. The van der Waals surface area contributed by atoms with Crippen molar-refractivity contribution in [2.24, 2.45) is 62.3 Å². The minimum absolute atomic E-state index is 0.00514. The molecular formula is C98H116BrClN24O8. The Labute approximate surface area is 776 Å². The van der Waals surface area contributed by atoms with Crippen molar-refractivity contribution < 1.29 is 0 Å². The molecule has 8 aromatic heterocycles. The van der Waals surface area contributed by atoms with Crippen LogP contribution in [0.4, 0.5) is 34.1 Å². The highest BCUT2D eigenvalue weighted by Gasteiger charge is 2.23. The minimum Gasteiger partial charge on any atom is -0.387 e. The summed E-state index contributed by atoms with van der Waals surface area (Å²) >= 11 is 9.45. The van der Waals surface area contributed by atoms with Gasteiger partial charge in [0.1, 0.15) is 52.4 Å². The van der Waals surface area contributed by atoms with Gasteiger partial charge in [0, 0.05) is 143 Å². The molecule has 0 aliphatic heterocycles. The van der Waals surface area contributed by atoms with Gasteiger partial charge in [-0.1, -0.05) is 30.7 Å². The number of nitrogens with one attached hydrogen (secondary N) is 7. The maximum absolute atomic E-state index is 12.0. The molecule has 16 aromatic rings. The fraction of sp³-hybridized carbons (Fsp3) is 0.337. The first kappa shape index (κ1) is 98.5. The lowest BCUT2D eigenvalue weighted by Gasteiger charge is -2.14. The number of nitrogens with zero attached hydrogens (tertiary/aromatic N) is 17. The number of fused-ring (bicyclic) bond motifs is 8. The van der Waals surface area contributed by atoms with Crippen LogP contribution in [0.25, 0.3) is 87.2 Å². The average molecular weight is 1870 g/mol. The van der Waals surface area contributed by atoms with Crippen LogP contribution in [0.2, 0.25) is 5.02 Å². The van der Waals surface area contributed by atoms with E-state index in [2.05, 4.69) is 94.6 Å². The van der Waals surface area contributed by atoms with E-state index in [1.807, 2.05) is 174 Å². The van der Waals surface area contributed by atoms with E-state index < -0.39 is 0 Å². The zero-order chi connectivity index (χ0) is 96.3. The normalized spacial score (nSPS) is 11.9. The smallest absolute Gasteiger partial charge is 0.261 e. The number of rotatable bonds is 13. The number of aryl methyl sites for hydroxylation is 9. The highest BCUT2D eigenvalue weighted by atomic mass is 79.9. The van der Waals surface area contributed by atoms with Gasteiger partial charge in [0.2, 0.25) is 0 Å². The van der Waals surface area contributed by atoms with Crippen LogP contribution in [-0.4, -0.2) is 141 Å². The third-order valence-corrected chi connectivity index (χ3v) is 24.2. The summed E-state index contributed by atoms with van der Waals surface area (Å²) in [7, 11) is 21.1. The number of benzene rings is 8. The highest BCUT2D eigenvalue weighted by molar-refractivity contribution is 9.10. The molecule has 2 aliphatic carbocycles. The van der Waals surface area contributed by atoms with E-state index in [0.29, 0.717) is 94.0 Å². The zero-order valence-electron chi connectivity index (χ0n) is 79.1. The predicted octanol–water partition coefficient (Wildman–Crippen LogP) is 14.3. The Morgan fingerprint density at radius 3 is 1.03 bits per heavy atom. The molecule has 7 N–H and O–H groups in total. The van der Waals surface area contributed by atoms with E-state index in [1.165, 1.54) is 34.8 Å². The topological polar surface area (TPSA) is 378 Å². The fourth-order valence-corrected chi connectivity index (χ4v) is 14.7. The Bertz CT molecular complexity index is 7540. The molecule has 0 atom stereocenters. The van der Waals surface area contributed by atoms with Gasteiger partial charge in [-0.05, 0) is 250 Å². The molecule has 32 nitrogen and oxygen atoms in total. The summed E-state index contributed by atoms with van der Waals surface area (Å²) < 4.78 is 13.3. The number of hydrogen-bond donors (Lipinski definition) is 7. The molecule has 0 bridgehead atoms. The van der Waals surface area contributed by atoms with Gasteiger partial charge >= 0.3 is 0 Å². The van der Waals surface area contributed by atoms with Gasteiger partial charge < -0.3 is 36.8 Å². The van der Waals surface area contributed by atoms with Crippen LogP contribution in [0.15, 0.2) is 176 Å². The second-order valence-corrected chi connectivity index (χ2v) is 34.3. The molecule has 34 heteroatoms. The summed E-state index contributed by atoms with van der Waals surface area (Å²) in [6.45, 7) is 23.6. The Hall–Kier alpha value is -14.1. The lowest BCUT2D eigenvalue weighted by atomic mass is 10.1. The van der Waals surface area contributed by atoms with Crippen molar-refractivity contribution >= 4 is 155 Å². The first-order chi connectivity index (χ1) is 62.6. The van der Waals surface area contributed by atoms with Crippen molar-refractivity contribution in [2.75, 3.05) is 79.7 Å². The number of halogens is 2. The van der Waals surface area contributed by atoms with Gasteiger partial charge in [-0.2, -0.15) is 0 Å². The van der Waals surface area contributed by atoms with Crippen molar-refractivity contribution in [3.05, 3.63) is 284 Å². The standard InChI is InChI=1S/C14H17N3O.C13H16N4O.C13H15N3O.C13H17N3O.C12H15N3O.C11H12BrN3O.C11H12ClN3O.C11H12N2O/c1-9-16-13-7-11(15-8-10-3-4-10)5-6-12(13)14(18)17(9)2;1-8-15-11-7-9(12(14)16(2)3)5-6-10(11)13(18)17(8)4;1-8-14-12-7-10(15-9-3-4-9)5-6-11(12)13(17)16(8)2;1-4-7-14-10-5-6-11-12(8-10)15-9(2)16(3)13(11)17;1-4-13-9-5-6-10-11(7-9)14-8(2)15(3)12(10)16;2*1-6-14-9-5-10(13-2)8(12)4-7(9)11(16)15(6)3;1-7-4-5-9-10(6-7)12-8(2)13(3)11(9)14/h5-7,10,15H,3-4,8H2,1-2H3;5-7,14H,1-4H3;5-7,9,15H,3-4H2,1-2H3;5-6,8,14H,4,7H2,1-3H3;5-7,13H,4H2,1-3H3;2*4-5,13H,1-3H3;4-6H,1-3H3. The summed E-state index contributed by atoms with van der Waals surface area (Å²) in [5, 5.41) is 32.9. The Morgan fingerprint density at radius 2 is 0.682 bits per heavy atom. The number of anilines is 6. The van der Waals surface area contributed by atoms with Gasteiger partial charge in [0.15, 0.2) is 0 Å². The van der Waals surface area contributed by atoms with E-state index in [4.69, 9.17) is 17.0 Å². The van der Waals surface area contributed by atoms with Crippen LogP contribution in [0.1, 0.15) is 104 Å². The van der Waals surface area contributed by atoms with Crippen molar-refractivity contribution in [2.45, 2.75) is 114 Å². The van der Waals surface area contributed by atoms with Crippen molar-refractivity contribution in [3.8, 4) is 0 Å². The molecule has 0 amide bonds. The third kappa shape index (κ3) is 23.0.